The summed E-state index contributed by atoms with van der Waals surface area (Å²) in [7, 11) is 1.76. The predicted molar refractivity (Wildman–Crippen MR) is 82.4 cm³/mol. The molecule has 0 radical (unpaired) electrons. The third-order valence-electron chi connectivity index (χ3n) is 3.28. The fourth-order valence-electron chi connectivity index (χ4n) is 2.13. The molecule has 0 saturated carbocycles. The van der Waals surface area contributed by atoms with Crippen LogP contribution < -0.4 is 0 Å². The van der Waals surface area contributed by atoms with Crippen LogP contribution in [0.5, 0.6) is 0 Å². The van der Waals surface area contributed by atoms with Crippen molar-refractivity contribution in [2.75, 3.05) is 13.6 Å². The molecule has 116 valence electrons. The van der Waals surface area contributed by atoms with Gasteiger partial charge in [-0.2, -0.15) is 0 Å². The summed E-state index contributed by atoms with van der Waals surface area (Å²) in [5, 5.41) is 8.87. The number of carbonyl (C=O) groups is 2. The molecule has 1 aromatic rings. The maximum atomic E-state index is 12.4. The highest BCUT2D eigenvalue weighted by Gasteiger charge is 2.19. The Morgan fingerprint density at radius 2 is 1.76 bits per heavy atom. The molecule has 0 aliphatic rings. The van der Waals surface area contributed by atoms with Crippen LogP contribution in [-0.4, -0.2) is 46.5 Å². The summed E-state index contributed by atoms with van der Waals surface area (Å²) in [6.07, 6.45) is 0.922. The fraction of sp³-hybridized carbons (Fsp3) is 0.500. The van der Waals surface area contributed by atoms with Gasteiger partial charge in [0.05, 0.1) is 5.56 Å². The third kappa shape index (κ3) is 4.77. The first-order valence-corrected chi connectivity index (χ1v) is 7.20. The summed E-state index contributed by atoms with van der Waals surface area (Å²) >= 11 is 0. The standard InChI is InChI=1S/C16H24N2O3/c1-5-10-18(12(2)3)16(21)17(4)11-13-6-8-14(9-7-13)15(19)20/h6-9,12H,5,10-11H2,1-4H3,(H,19,20). The Kier molecular flexibility index (Phi) is 6.21. The van der Waals surface area contributed by atoms with Crippen molar-refractivity contribution in [2.45, 2.75) is 39.8 Å². The number of benzene rings is 1. The zero-order valence-corrected chi connectivity index (χ0v) is 13.2. The van der Waals surface area contributed by atoms with Crippen LogP contribution >= 0.6 is 0 Å². The number of carbonyl (C=O) groups excluding carboxylic acids is 1. The lowest BCUT2D eigenvalue weighted by Crippen LogP contribution is -2.44. The van der Waals surface area contributed by atoms with E-state index < -0.39 is 5.97 Å². The normalized spacial score (nSPS) is 10.5. The summed E-state index contributed by atoms with van der Waals surface area (Å²) in [5.74, 6) is -0.945. The van der Waals surface area contributed by atoms with Gasteiger partial charge in [0, 0.05) is 26.2 Å². The first kappa shape index (κ1) is 17.0. The highest BCUT2D eigenvalue weighted by molar-refractivity contribution is 5.87. The lowest BCUT2D eigenvalue weighted by Gasteiger charge is -2.31. The highest BCUT2D eigenvalue weighted by atomic mass is 16.4. The molecular weight excluding hydrogens is 268 g/mol. The molecule has 0 heterocycles. The molecule has 0 atom stereocenters. The summed E-state index contributed by atoms with van der Waals surface area (Å²) in [4.78, 5) is 26.7. The summed E-state index contributed by atoms with van der Waals surface area (Å²) in [6, 6.07) is 6.76. The Morgan fingerprint density at radius 3 is 2.19 bits per heavy atom. The van der Waals surface area contributed by atoms with E-state index in [0.717, 1.165) is 18.5 Å². The molecule has 1 N–H and O–H groups in total. The van der Waals surface area contributed by atoms with Crippen molar-refractivity contribution in [2.24, 2.45) is 0 Å². The van der Waals surface area contributed by atoms with Crippen molar-refractivity contribution in [3.63, 3.8) is 0 Å². The van der Waals surface area contributed by atoms with Gasteiger partial charge in [-0.05, 0) is 38.0 Å². The zero-order valence-electron chi connectivity index (χ0n) is 13.2. The smallest absolute Gasteiger partial charge is 0.335 e. The first-order chi connectivity index (χ1) is 9.86. The van der Waals surface area contributed by atoms with Gasteiger partial charge in [0.25, 0.3) is 0 Å². The van der Waals surface area contributed by atoms with E-state index in [1.807, 2.05) is 25.7 Å². The van der Waals surface area contributed by atoms with E-state index in [0.29, 0.717) is 6.54 Å². The van der Waals surface area contributed by atoms with Crippen LogP contribution in [0.15, 0.2) is 24.3 Å². The van der Waals surface area contributed by atoms with Gasteiger partial charge in [-0.1, -0.05) is 19.1 Å². The second-order valence-corrected chi connectivity index (χ2v) is 5.43. The van der Waals surface area contributed by atoms with Crippen LogP contribution in [0.2, 0.25) is 0 Å². The van der Waals surface area contributed by atoms with Crippen LogP contribution in [0, 0.1) is 0 Å². The molecule has 1 rings (SSSR count). The molecule has 0 saturated heterocycles. The minimum absolute atomic E-state index is 0.00541. The Bertz CT molecular complexity index is 483. The average molecular weight is 292 g/mol. The summed E-state index contributed by atoms with van der Waals surface area (Å²) in [6.45, 7) is 7.25. The third-order valence-corrected chi connectivity index (χ3v) is 3.28. The molecule has 2 amide bonds. The number of amides is 2. The topological polar surface area (TPSA) is 60.9 Å². The van der Waals surface area contributed by atoms with Gasteiger partial charge >= 0.3 is 12.0 Å². The van der Waals surface area contributed by atoms with Crippen molar-refractivity contribution in [3.05, 3.63) is 35.4 Å². The summed E-state index contributed by atoms with van der Waals surface area (Å²) in [5.41, 5.74) is 1.17. The van der Waals surface area contributed by atoms with E-state index in [1.165, 1.54) is 0 Å². The van der Waals surface area contributed by atoms with Gasteiger partial charge in [-0.25, -0.2) is 9.59 Å². The van der Waals surface area contributed by atoms with Crippen molar-refractivity contribution in [3.8, 4) is 0 Å². The quantitative estimate of drug-likeness (QED) is 0.876. The number of nitrogens with zero attached hydrogens (tertiary/aromatic N) is 2. The van der Waals surface area contributed by atoms with E-state index in [1.54, 1.807) is 36.2 Å². The first-order valence-electron chi connectivity index (χ1n) is 7.20. The summed E-state index contributed by atoms with van der Waals surface area (Å²) < 4.78 is 0. The van der Waals surface area contributed by atoms with Gasteiger partial charge in [0.2, 0.25) is 0 Å². The monoisotopic (exact) mass is 292 g/mol. The van der Waals surface area contributed by atoms with Gasteiger partial charge in [0.1, 0.15) is 0 Å². The maximum Gasteiger partial charge on any atom is 0.335 e. The Labute approximate surface area is 126 Å². The van der Waals surface area contributed by atoms with Crippen LogP contribution in [0.25, 0.3) is 0 Å². The molecule has 1 aromatic carbocycles. The number of hydrogen-bond donors (Lipinski definition) is 1. The van der Waals surface area contributed by atoms with E-state index in [-0.39, 0.29) is 17.6 Å². The lowest BCUT2D eigenvalue weighted by atomic mass is 10.1. The highest BCUT2D eigenvalue weighted by Crippen LogP contribution is 2.10. The van der Waals surface area contributed by atoms with Crippen LogP contribution in [0.4, 0.5) is 4.79 Å². The van der Waals surface area contributed by atoms with E-state index in [2.05, 4.69) is 0 Å². The Hall–Kier alpha value is -2.04. The van der Waals surface area contributed by atoms with Crippen molar-refractivity contribution in [1.29, 1.82) is 0 Å². The minimum Gasteiger partial charge on any atom is -0.478 e. The molecule has 0 aromatic heterocycles. The van der Waals surface area contributed by atoms with Gasteiger partial charge in [0.15, 0.2) is 0 Å². The maximum absolute atomic E-state index is 12.4. The molecule has 0 spiro atoms. The van der Waals surface area contributed by atoms with Crippen molar-refractivity contribution in [1.82, 2.24) is 9.80 Å². The van der Waals surface area contributed by atoms with Crippen molar-refractivity contribution >= 4 is 12.0 Å². The number of urea groups is 1. The number of carboxylic acids is 1. The molecular formula is C16H24N2O3. The fourth-order valence-corrected chi connectivity index (χ4v) is 2.13. The number of hydrogen-bond acceptors (Lipinski definition) is 2. The molecule has 0 unspecified atom stereocenters. The van der Waals surface area contributed by atoms with E-state index in [9.17, 15) is 9.59 Å². The lowest BCUT2D eigenvalue weighted by molar-refractivity contribution is 0.0696. The number of aromatic carboxylic acids is 1. The second-order valence-electron chi connectivity index (χ2n) is 5.43. The Morgan fingerprint density at radius 1 is 1.19 bits per heavy atom. The van der Waals surface area contributed by atoms with E-state index in [4.69, 9.17) is 5.11 Å². The largest absolute Gasteiger partial charge is 0.478 e. The molecule has 0 aliphatic carbocycles. The molecule has 5 heteroatoms. The van der Waals surface area contributed by atoms with Crippen LogP contribution in [0.3, 0.4) is 0 Å². The van der Waals surface area contributed by atoms with Gasteiger partial charge in [-0.3, -0.25) is 0 Å². The minimum atomic E-state index is -0.945. The number of carboxylic acid groups (broad SMARTS) is 1. The Balaban J connectivity index is 2.72. The predicted octanol–water partition coefficient (Wildman–Crippen LogP) is 3.06. The second kappa shape index (κ2) is 7.67. The SMILES string of the molecule is CCCN(C(=O)N(C)Cc1ccc(C(=O)O)cc1)C(C)C. The average Bonchev–Trinajstić information content (AvgIpc) is 2.44. The van der Waals surface area contributed by atoms with E-state index >= 15 is 0 Å². The molecule has 21 heavy (non-hydrogen) atoms. The van der Waals surface area contributed by atoms with Crippen LogP contribution in [0.1, 0.15) is 43.1 Å². The van der Waals surface area contributed by atoms with Gasteiger partial charge in [-0.15, -0.1) is 0 Å². The molecule has 0 bridgehead atoms. The van der Waals surface area contributed by atoms with Crippen molar-refractivity contribution < 1.29 is 14.7 Å². The number of rotatable bonds is 6. The van der Waals surface area contributed by atoms with Crippen LogP contribution in [-0.2, 0) is 6.54 Å². The van der Waals surface area contributed by atoms with Gasteiger partial charge < -0.3 is 14.9 Å². The molecule has 0 aliphatic heterocycles. The molecule has 5 nitrogen and oxygen atoms in total. The molecule has 0 fully saturated rings. The zero-order chi connectivity index (χ0) is 16.0.